The number of nitrogens with zero attached hydrogens (tertiary/aromatic N) is 1. The maximum atomic E-state index is 13.8. The van der Waals surface area contributed by atoms with Gasteiger partial charge >= 0.3 is 0 Å². The molecule has 1 amide bonds. The fourth-order valence-electron chi connectivity index (χ4n) is 6.02. The van der Waals surface area contributed by atoms with Gasteiger partial charge in [-0.2, -0.15) is 0 Å². The van der Waals surface area contributed by atoms with Crippen molar-refractivity contribution >= 4 is 22.4 Å². The molecule has 0 spiro atoms. The number of hydrogen-bond acceptors (Lipinski definition) is 5. The maximum absolute atomic E-state index is 13.8. The highest BCUT2D eigenvalue weighted by molar-refractivity contribution is 7.14. The zero-order valence-corrected chi connectivity index (χ0v) is 19.4. The number of para-hydroxylation sites is 1. The normalized spacial score (nSPS) is 23.3. The first kappa shape index (κ1) is 19.8. The largest absolute Gasteiger partial charge is 0.454 e. The van der Waals surface area contributed by atoms with E-state index in [2.05, 4.69) is 60.8 Å². The molecule has 1 aromatic heterocycles. The molecule has 8 rings (SSSR count). The molecule has 0 saturated carbocycles. The number of ether oxygens (including phenoxy) is 2. The minimum atomic E-state index is -0.565. The van der Waals surface area contributed by atoms with Gasteiger partial charge in [-0.15, -0.1) is 11.3 Å². The molecule has 1 N–H and O–H groups in total. The second-order valence-electron chi connectivity index (χ2n) is 9.40. The summed E-state index contributed by atoms with van der Waals surface area (Å²) in [6.07, 6.45) is 0.785. The summed E-state index contributed by atoms with van der Waals surface area (Å²) in [5.41, 5.74) is 6.33. The molecular formula is C28H22N2O3S. The van der Waals surface area contributed by atoms with Gasteiger partial charge in [-0.3, -0.25) is 4.79 Å². The molecule has 1 atom stereocenters. The van der Waals surface area contributed by atoms with E-state index in [-0.39, 0.29) is 24.5 Å². The lowest BCUT2D eigenvalue weighted by Crippen LogP contribution is -2.47. The first-order valence-corrected chi connectivity index (χ1v) is 12.3. The maximum Gasteiger partial charge on any atom is 0.233 e. The molecule has 2 bridgehead atoms. The highest BCUT2D eigenvalue weighted by Gasteiger charge is 2.54. The topological polar surface area (TPSA) is 60.5 Å². The van der Waals surface area contributed by atoms with Crippen LogP contribution in [0.2, 0.25) is 0 Å². The van der Waals surface area contributed by atoms with Gasteiger partial charge in [0.1, 0.15) is 0 Å². The Morgan fingerprint density at radius 2 is 1.68 bits per heavy atom. The molecule has 0 saturated heterocycles. The summed E-state index contributed by atoms with van der Waals surface area (Å²) in [6, 6.07) is 23.0. The molecule has 168 valence electrons. The van der Waals surface area contributed by atoms with E-state index in [0.29, 0.717) is 10.9 Å². The van der Waals surface area contributed by atoms with E-state index in [1.165, 1.54) is 33.6 Å². The van der Waals surface area contributed by atoms with Crippen molar-refractivity contribution in [3.8, 4) is 22.8 Å². The fourth-order valence-corrected chi connectivity index (χ4v) is 6.72. The lowest BCUT2D eigenvalue weighted by molar-refractivity contribution is -0.126. The molecule has 1 aliphatic heterocycles. The van der Waals surface area contributed by atoms with Crippen molar-refractivity contribution in [1.82, 2.24) is 4.98 Å². The first-order valence-electron chi connectivity index (χ1n) is 11.5. The van der Waals surface area contributed by atoms with Crippen LogP contribution in [0.1, 0.15) is 47.4 Å². The lowest BCUT2D eigenvalue weighted by Gasteiger charge is -2.50. The van der Waals surface area contributed by atoms with E-state index in [1.54, 1.807) is 0 Å². The molecule has 34 heavy (non-hydrogen) atoms. The third kappa shape index (κ3) is 2.72. The van der Waals surface area contributed by atoms with Gasteiger partial charge in [-0.25, -0.2) is 4.98 Å². The van der Waals surface area contributed by atoms with Crippen LogP contribution in [0.15, 0.2) is 72.1 Å². The van der Waals surface area contributed by atoms with Crippen LogP contribution >= 0.6 is 11.3 Å². The summed E-state index contributed by atoms with van der Waals surface area (Å²) in [6.45, 7) is 2.32. The van der Waals surface area contributed by atoms with Crippen LogP contribution in [0.3, 0.4) is 0 Å². The number of amides is 1. The Bertz CT molecular complexity index is 1410. The molecule has 5 nitrogen and oxygen atoms in total. The Hall–Kier alpha value is -3.64. The number of anilines is 1. The molecule has 2 heterocycles. The molecule has 1 unspecified atom stereocenters. The molecule has 4 aliphatic rings. The second-order valence-corrected chi connectivity index (χ2v) is 10.3. The van der Waals surface area contributed by atoms with Gasteiger partial charge in [0.05, 0.1) is 11.1 Å². The predicted molar refractivity (Wildman–Crippen MR) is 132 cm³/mol. The van der Waals surface area contributed by atoms with Crippen molar-refractivity contribution < 1.29 is 14.3 Å². The summed E-state index contributed by atoms with van der Waals surface area (Å²) in [4.78, 5) is 18.6. The van der Waals surface area contributed by atoms with Crippen LogP contribution in [0.25, 0.3) is 11.3 Å². The summed E-state index contributed by atoms with van der Waals surface area (Å²) >= 11 is 1.43. The minimum absolute atomic E-state index is 0.0188. The lowest BCUT2D eigenvalue weighted by atomic mass is 9.52. The first-order chi connectivity index (χ1) is 16.6. The average Bonchev–Trinajstić information content (AvgIpc) is 3.54. The summed E-state index contributed by atoms with van der Waals surface area (Å²) in [7, 11) is 0. The van der Waals surface area contributed by atoms with Gasteiger partial charge in [0.25, 0.3) is 0 Å². The van der Waals surface area contributed by atoms with Gasteiger partial charge in [-0.05, 0) is 47.7 Å². The predicted octanol–water partition coefficient (Wildman–Crippen LogP) is 6.16. The second kappa shape index (κ2) is 7.18. The summed E-state index contributed by atoms with van der Waals surface area (Å²) in [5.74, 6) is 1.69. The fraction of sp³-hybridized carbons (Fsp3) is 0.214. The number of carbonyl (C=O) groups is 1. The Kier molecular flexibility index (Phi) is 4.18. The van der Waals surface area contributed by atoms with Gasteiger partial charge in [0, 0.05) is 22.8 Å². The Labute approximate surface area is 201 Å². The number of hydrogen-bond donors (Lipinski definition) is 1. The number of thiazole rings is 1. The van der Waals surface area contributed by atoms with Crippen molar-refractivity contribution in [2.45, 2.75) is 25.2 Å². The number of aromatic nitrogens is 1. The highest BCUT2D eigenvalue weighted by atomic mass is 32.1. The Morgan fingerprint density at radius 3 is 2.41 bits per heavy atom. The van der Waals surface area contributed by atoms with Crippen LogP contribution in [0.5, 0.6) is 11.5 Å². The number of fused-ring (bicyclic) bond motifs is 2. The van der Waals surface area contributed by atoms with Crippen molar-refractivity contribution in [2.24, 2.45) is 5.41 Å². The van der Waals surface area contributed by atoms with Crippen molar-refractivity contribution in [2.75, 3.05) is 12.1 Å². The Balaban J connectivity index is 1.23. The third-order valence-electron chi connectivity index (χ3n) is 7.55. The van der Waals surface area contributed by atoms with Crippen LogP contribution < -0.4 is 14.8 Å². The number of carbonyl (C=O) groups excluding carboxylic acids is 1. The van der Waals surface area contributed by atoms with E-state index in [4.69, 9.17) is 14.5 Å². The van der Waals surface area contributed by atoms with E-state index in [0.717, 1.165) is 23.4 Å². The zero-order chi connectivity index (χ0) is 22.9. The van der Waals surface area contributed by atoms with Gasteiger partial charge in [-0.1, -0.05) is 54.6 Å². The number of benzene rings is 3. The molecule has 0 fully saturated rings. The highest BCUT2D eigenvalue weighted by Crippen LogP contribution is 2.61. The van der Waals surface area contributed by atoms with E-state index in [9.17, 15) is 4.79 Å². The van der Waals surface area contributed by atoms with E-state index >= 15 is 0 Å². The molecule has 4 aromatic rings. The molecule has 0 radical (unpaired) electrons. The molecule has 3 aromatic carbocycles. The van der Waals surface area contributed by atoms with E-state index in [1.807, 2.05) is 23.6 Å². The van der Waals surface area contributed by atoms with Crippen LogP contribution in [-0.4, -0.2) is 17.7 Å². The Morgan fingerprint density at radius 1 is 0.971 bits per heavy atom. The SMILES string of the molecule is CC1(C(=O)Nc2nc(-c3cccc4c3OCO4)cs2)CC2c3ccccc3C1c1ccccc12. The zero-order valence-electron chi connectivity index (χ0n) is 18.6. The van der Waals surface area contributed by atoms with Crippen molar-refractivity contribution in [1.29, 1.82) is 0 Å². The average molecular weight is 467 g/mol. The molecular weight excluding hydrogens is 444 g/mol. The number of rotatable bonds is 3. The quantitative estimate of drug-likeness (QED) is 0.393. The van der Waals surface area contributed by atoms with Gasteiger partial charge in [0.2, 0.25) is 12.7 Å². The van der Waals surface area contributed by atoms with Gasteiger partial charge in [0.15, 0.2) is 16.6 Å². The molecule has 3 aliphatic carbocycles. The number of nitrogens with one attached hydrogen (secondary N) is 1. The van der Waals surface area contributed by atoms with Crippen LogP contribution in [0, 0.1) is 5.41 Å². The summed E-state index contributed by atoms with van der Waals surface area (Å²) < 4.78 is 11.1. The van der Waals surface area contributed by atoms with Gasteiger partial charge < -0.3 is 14.8 Å². The van der Waals surface area contributed by atoms with Crippen molar-refractivity contribution in [3.05, 3.63) is 94.4 Å². The van der Waals surface area contributed by atoms with E-state index < -0.39 is 5.41 Å². The summed E-state index contributed by atoms with van der Waals surface area (Å²) in [5, 5.41) is 5.70. The standard InChI is InChI=1S/C28H22N2O3S/c1-28(13-21-16-7-2-4-9-18(16)24(28)19-10-5-3-8-17(19)21)26(31)30-27-29-22(14-34-27)20-11-6-12-23-25(20)33-15-32-23/h2-12,14,21,24H,13,15H2,1H3,(H,29,30,31). The monoisotopic (exact) mass is 466 g/mol. The minimum Gasteiger partial charge on any atom is -0.454 e. The smallest absolute Gasteiger partial charge is 0.233 e. The van der Waals surface area contributed by atoms with Crippen LogP contribution in [0.4, 0.5) is 5.13 Å². The third-order valence-corrected chi connectivity index (χ3v) is 8.30. The molecule has 6 heteroatoms. The van der Waals surface area contributed by atoms with Crippen molar-refractivity contribution in [3.63, 3.8) is 0 Å². The van der Waals surface area contributed by atoms with Crippen LogP contribution in [-0.2, 0) is 4.79 Å².